The van der Waals surface area contributed by atoms with Crippen LogP contribution in [0, 0.1) is 12.8 Å². The van der Waals surface area contributed by atoms with Gasteiger partial charge in [-0.1, -0.05) is 12.1 Å². The minimum atomic E-state index is -0.389. The van der Waals surface area contributed by atoms with E-state index in [0.717, 1.165) is 34.5 Å². The molecule has 1 spiro atoms. The lowest BCUT2D eigenvalue weighted by atomic mass is 9.81. The number of rotatable bonds is 1. The summed E-state index contributed by atoms with van der Waals surface area (Å²) in [6, 6.07) is 6.22. The third-order valence-corrected chi connectivity index (χ3v) is 5.34. The van der Waals surface area contributed by atoms with Crippen LogP contribution in [0.1, 0.15) is 24.0 Å². The minimum absolute atomic E-state index is 0.389. The maximum atomic E-state index is 5.97. The van der Waals surface area contributed by atoms with E-state index in [0.29, 0.717) is 5.92 Å². The number of fused-ring (bicyclic) bond motifs is 3. The number of piperidine rings is 3. The average molecular weight is 297 g/mol. The molecule has 114 valence electrons. The molecule has 1 atom stereocenters. The van der Waals surface area contributed by atoms with Gasteiger partial charge in [-0.05, 0) is 44.5 Å². The van der Waals surface area contributed by atoms with Gasteiger partial charge in [0, 0.05) is 16.9 Å². The van der Waals surface area contributed by atoms with Crippen LogP contribution in [-0.2, 0) is 4.84 Å². The first-order chi connectivity index (χ1) is 10.7. The molecule has 4 aliphatic rings. The van der Waals surface area contributed by atoms with E-state index in [-0.39, 0.29) is 5.72 Å². The molecule has 0 aliphatic carbocycles. The maximum absolute atomic E-state index is 5.97. The van der Waals surface area contributed by atoms with Crippen molar-refractivity contribution in [3.63, 3.8) is 0 Å². The average Bonchev–Trinajstić information content (AvgIpc) is 3.13. The van der Waals surface area contributed by atoms with Gasteiger partial charge in [0.15, 0.2) is 5.84 Å². The van der Waals surface area contributed by atoms with Crippen LogP contribution in [0.15, 0.2) is 33.9 Å². The molecule has 5 heteroatoms. The van der Waals surface area contributed by atoms with Gasteiger partial charge in [-0.15, -0.1) is 0 Å². The van der Waals surface area contributed by atoms with Crippen LogP contribution in [0.4, 0.5) is 0 Å². The highest BCUT2D eigenvalue weighted by Gasteiger charge is 2.51. The lowest BCUT2D eigenvalue weighted by Gasteiger charge is -2.47. The van der Waals surface area contributed by atoms with Crippen molar-refractivity contribution in [1.29, 1.82) is 0 Å². The molecule has 0 radical (unpaired) electrons. The molecule has 3 saturated heterocycles. The summed E-state index contributed by atoms with van der Waals surface area (Å²) in [6.07, 6.45) is 4.15. The maximum Gasteiger partial charge on any atom is 0.202 e. The molecule has 22 heavy (non-hydrogen) atoms. The second kappa shape index (κ2) is 4.33. The Morgan fingerprint density at radius 1 is 1.32 bits per heavy atom. The van der Waals surface area contributed by atoms with Crippen molar-refractivity contribution in [2.75, 3.05) is 19.6 Å². The quantitative estimate of drug-likeness (QED) is 0.878. The van der Waals surface area contributed by atoms with Crippen LogP contribution < -0.4 is 5.48 Å². The molecule has 3 fully saturated rings. The predicted molar refractivity (Wildman–Crippen MR) is 83.6 cm³/mol. The Bertz CT molecular complexity index is 773. The number of amidine groups is 1. The SMILES string of the molecule is Cc1coc2cc(C3=NC4(CN5CCC4CC5)ON3)ccc12. The van der Waals surface area contributed by atoms with Crippen molar-refractivity contribution in [3.05, 3.63) is 35.6 Å². The number of furan rings is 1. The number of benzene rings is 1. The first kappa shape index (κ1) is 12.7. The van der Waals surface area contributed by atoms with Crippen LogP contribution in [0.2, 0.25) is 0 Å². The summed E-state index contributed by atoms with van der Waals surface area (Å²) in [4.78, 5) is 13.4. The summed E-state index contributed by atoms with van der Waals surface area (Å²) < 4.78 is 5.60. The Labute approximate surface area is 128 Å². The largest absolute Gasteiger partial charge is 0.464 e. The fourth-order valence-corrected chi connectivity index (χ4v) is 4.04. The fraction of sp³-hybridized carbons (Fsp3) is 0.471. The van der Waals surface area contributed by atoms with Gasteiger partial charge in [-0.3, -0.25) is 4.90 Å². The standard InChI is InChI=1S/C17H19N3O2/c1-11-9-21-15-8-12(2-3-14(11)15)16-18-17(22-19-16)10-20-6-4-13(17)5-7-20/h2-3,8-9,13H,4-7,10H2,1H3,(H,18,19). The molecule has 0 saturated carbocycles. The van der Waals surface area contributed by atoms with E-state index in [4.69, 9.17) is 14.2 Å². The Hall–Kier alpha value is -1.85. The molecule has 1 aromatic carbocycles. The van der Waals surface area contributed by atoms with E-state index < -0.39 is 0 Å². The van der Waals surface area contributed by atoms with Gasteiger partial charge in [0.2, 0.25) is 5.72 Å². The lowest BCUT2D eigenvalue weighted by molar-refractivity contribution is -0.155. The molecule has 2 bridgehead atoms. The second-order valence-electron chi connectivity index (χ2n) is 6.69. The lowest BCUT2D eigenvalue weighted by Crippen LogP contribution is -2.58. The van der Waals surface area contributed by atoms with Gasteiger partial charge in [0.25, 0.3) is 0 Å². The highest BCUT2D eigenvalue weighted by atomic mass is 16.7. The first-order valence-electron chi connectivity index (χ1n) is 7.98. The number of hydrogen-bond acceptors (Lipinski definition) is 5. The van der Waals surface area contributed by atoms with Crippen molar-refractivity contribution < 1.29 is 9.25 Å². The highest BCUT2D eigenvalue weighted by Crippen LogP contribution is 2.41. The number of nitrogens with zero attached hydrogens (tertiary/aromatic N) is 2. The molecule has 6 rings (SSSR count). The van der Waals surface area contributed by atoms with E-state index >= 15 is 0 Å². The number of aliphatic imine (C=N–C) groups is 1. The normalized spacial score (nSPS) is 33.4. The molecule has 1 aromatic heterocycles. The summed E-state index contributed by atoms with van der Waals surface area (Å²) in [7, 11) is 0. The zero-order valence-electron chi connectivity index (χ0n) is 12.6. The molecule has 2 aromatic rings. The molecule has 5 heterocycles. The Kier molecular flexibility index (Phi) is 2.50. The summed E-state index contributed by atoms with van der Waals surface area (Å²) in [6.45, 7) is 5.31. The number of hydroxylamine groups is 1. The monoisotopic (exact) mass is 297 g/mol. The van der Waals surface area contributed by atoms with Gasteiger partial charge in [0.05, 0.1) is 12.8 Å². The summed E-state index contributed by atoms with van der Waals surface area (Å²) >= 11 is 0. The summed E-state index contributed by atoms with van der Waals surface area (Å²) in [5, 5.41) is 1.15. The topological polar surface area (TPSA) is 50.0 Å². The third-order valence-electron chi connectivity index (χ3n) is 5.34. The molecule has 1 unspecified atom stereocenters. The molecule has 0 amide bonds. The predicted octanol–water partition coefficient (Wildman–Crippen LogP) is 2.44. The molecular weight excluding hydrogens is 278 g/mol. The van der Waals surface area contributed by atoms with Gasteiger partial charge in [-0.25, -0.2) is 15.3 Å². The van der Waals surface area contributed by atoms with Gasteiger partial charge >= 0.3 is 0 Å². The van der Waals surface area contributed by atoms with E-state index in [1.54, 1.807) is 6.26 Å². The van der Waals surface area contributed by atoms with E-state index in [1.165, 1.54) is 25.9 Å². The number of aryl methyl sites for hydroxylation is 1. The van der Waals surface area contributed by atoms with Crippen molar-refractivity contribution in [1.82, 2.24) is 10.4 Å². The van der Waals surface area contributed by atoms with Crippen LogP contribution in [0.3, 0.4) is 0 Å². The van der Waals surface area contributed by atoms with E-state index in [1.807, 2.05) is 6.07 Å². The van der Waals surface area contributed by atoms with E-state index in [2.05, 4.69) is 29.4 Å². The highest BCUT2D eigenvalue weighted by molar-refractivity contribution is 6.01. The molecule has 5 nitrogen and oxygen atoms in total. The van der Waals surface area contributed by atoms with Gasteiger partial charge < -0.3 is 4.42 Å². The van der Waals surface area contributed by atoms with Crippen LogP contribution in [-0.4, -0.2) is 36.1 Å². The van der Waals surface area contributed by atoms with Crippen LogP contribution in [0.5, 0.6) is 0 Å². The number of hydrogen-bond donors (Lipinski definition) is 1. The van der Waals surface area contributed by atoms with Crippen molar-refractivity contribution in [2.45, 2.75) is 25.5 Å². The third kappa shape index (κ3) is 1.69. The zero-order valence-corrected chi connectivity index (χ0v) is 12.6. The zero-order chi connectivity index (χ0) is 14.7. The Morgan fingerprint density at radius 2 is 2.18 bits per heavy atom. The molecular formula is C17H19N3O2. The van der Waals surface area contributed by atoms with Crippen molar-refractivity contribution in [3.8, 4) is 0 Å². The van der Waals surface area contributed by atoms with Crippen molar-refractivity contribution >= 4 is 16.8 Å². The molecule has 4 aliphatic heterocycles. The summed E-state index contributed by atoms with van der Waals surface area (Å²) in [5.41, 5.74) is 5.76. The van der Waals surface area contributed by atoms with Gasteiger partial charge in [-0.2, -0.15) is 0 Å². The van der Waals surface area contributed by atoms with Crippen LogP contribution in [0.25, 0.3) is 11.0 Å². The first-order valence-corrected chi connectivity index (χ1v) is 7.98. The number of nitrogens with one attached hydrogen (secondary N) is 1. The minimum Gasteiger partial charge on any atom is -0.464 e. The Balaban J connectivity index is 1.53. The molecule has 1 N–H and O–H groups in total. The van der Waals surface area contributed by atoms with Gasteiger partial charge in [0.1, 0.15) is 5.58 Å². The van der Waals surface area contributed by atoms with Crippen molar-refractivity contribution in [2.24, 2.45) is 10.9 Å². The second-order valence-corrected chi connectivity index (χ2v) is 6.69. The van der Waals surface area contributed by atoms with Crippen LogP contribution >= 0.6 is 0 Å². The summed E-state index contributed by atoms with van der Waals surface area (Å²) in [5.74, 6) is 1.35. The Morgan fingerprint density at radius 3 is 2.95 bits per heavy atom. The fourth-order valence-electron chi connectivity index (χ4n) is 4.04. The smallest absolute Gasteiger partial charge is 0.202 e. The van der Waals surface area contributed by atoms with E-state index in [9.17, 15) is 0 Å².